The van der Waals surface area contributed by atoms with Gasteiger partial charge >= 0.3 is 0 Å². The summed E-state index contributed by atoms with van der Waals surface area (Å²) in [5.41, 5.74) is 12.8. The van der Waals surface area contributed by atoms with Gasteiger partial charge in [0.2, 0.25) is 0 Å². The van der Waals surface area contributed by atoms with Crippen LogP contribution in [0, 0.1) is 13.8 Å². The SMILES string of the molecule is Cc1ccc(NC2(c3ccc4ccccc4c3)C=CC(c3ccc(-c4ccc(N(c5ccc(C)cc5)c5ccc6ccccc6c5)cc4)cc3)=CC2)cc1. The van der Waals surface area contributed by atoms with Crippen LogP contribution in [0.4, 0.5) is 22.7 Å². The van der Waals surface area contributed by atoms with E-state index in [1.165, 1.54) is 60.5 Å². The smallest absolute Gasteiger partial charge is 0.0848 e. The summed E-state index contributed by atoms with van der Waals surface area (Å²) in [6.45, 7) is 4.26. The summed E-state index contributed by atoms with van der Waals surface area (Å²) >= 11 is 0. The normalized spacial score (nSPS) is 15.3. The van der Waals surface area contributed by atoms with Crippen molar-refractivity contribution in [2.24, 2.45) is 0 Å². The fraction of sp³-hybridized carbons (Fsp3) is 0.0769. The van der Waals surface area contributed by atoms with Gasteiger partial charge in [0.25, 0.3) is 0 Å². The molecule has 0 fully saturated rings. The predicted octanol–water partition coefficient (Wildman–Crippen LogP) is 14.1. The van der Waals surface area contributed by atoms with Gasteiger partial charge in [-0.05, 0) is 124 Å². The van der Waals surface area contributed by atoms with E-state index in [0.717, 1.165) is 29.2 Å². The van der Waals surface area contributed by atoms with Gasteiger partial charge in [-0.25, -0.2) is 0 Å². The maximum Gasteiger partial charge on any atom is 0.0848 e. The van der Waals surface area contributed by atoms with Gasteiger partial charge in [0.15, 0.2) is 0 Å². The second-order valence-electron chi connectivity index (χ2n) is 14.5. The number of rotatable bonds is 8. The summed E-state index contributed by atoms with van der Waals surface area (Å²) in [7, 11) is 0. The first-order valence-electron chi connectivity index (χ1n) is 18.8. The van der Waals surface area contributed by atoms with E-state index in [0.29, 0.717) is 0 Å². The van der Waals surface area contributed by atoms with E-state index < -0.39 is 0 Å². The van der Waals surface area contributed by atoms with Gasteiger partial charge in [0.05, 0.1) is 5.54 Å². The highest BCUT2D eigenvalue weighted by atomic mass is 15.1. The monoisotopic (exact) mass is 694 g/mol. The van der Waals surface area contributed by atoms with E-state index >= 15 is 0 Å². The van der Waals surface area contributed by atoms with Crippen LogP contribution in [0.15, 0.2) is 200 Å². The summed E-state index contributed by atoms with van der Waals surface area (Å²) in [4.78, 5) is 2.34. The maximum atomic E-state index is 3.91. The summed E-state index contributed by atoms with van der Waals surface area (Å²) in [6.07, 6.45) is 7.86. The molecular formula is C52H42N2. The van der Waals surface area contributed by atoms with E-state index in [1.807, 2.05) is 0 Å². The molecule has 8 aromatic rings. The van der Waals surface area contributed by atoms with Gasteiger partial charge < -0.3 is 10.2 Å². The van der Waals surface area contributed by atoms with E-state index in [4.69, 9.17) is 0 Å². The topological polar surface area (TPSA) is 15.3 Å². The van der Waals surface area contributed by atoms with Gasteiger partial charge in [-0.3, -0.25) is 0 Å². The van der Waals surface area contributed by atoms with Crippen molar-refractivity contribution >= 4 is 49.9 Å². The second kappa shape index (κ2) is 14.1. The van der Waals surface area contributed by atoms with E-state index in [-0.39, 0.29) is 5.54 Å². The molecule has 8 aromatic carbocycles. The first-order chi connectivity index (χ1) is 26.5. The Morgan fingerprint density at radius 2 is 0.963 bits per heavy atom. The van der Waals surface area contributed by atoms with Crippen molar-refractivity contribution in [1.29, 1.82) is 0 Å². The summed E-state index contributed by atoms with van der Waals surface area (Å²) in [5.74, 6) is 0. The van der Waals surface area contributed by atoms with Crippen molar-refractivity contribution in [2.45, 2.75) is 25.8 Å². The van der Waals surface area contributed by atoms with Crippen LogP contribution in [0.5, 0.6) is 0 Å². The number of fused-ring (bicyclic) bond motifs is 2. The molecule has 1 aliphatic rings. The molecule has 0 spiro atoms. The highest BCUT2D eigenvalue weighted by Crippen LogP contribution is 2.40. The summed E-state index contributed by atoms with van der Waals surface area (Å²) in [6, 6.07) is 66.1. The molecule has 9 rings (SSSR count). The molecule has 0 bridgehead atoms. The molecule has 0 saturated carbocycles. The van der Waals surface area contributed by atoms with Crippen LogP contribution in [0.3, 0.4) is 0 Å². The Morgan fingerprint density at radius 1 is 0.463 bits per heavy atom. The zero-order chi connectivity index (χ0) is 36.5. The van der Waals surface area contributed by atoms with Crippen molar-refractivity contribution in [3.8, 4) is 11.1 Å². The molecule has 1 aliphatic carbocycles. The van der Waals surface area contributed by atoms with E-state index in [9.17, 15) is 0 Å². The standard InChI is InChI=1S/C52H42N2/c1-37-11-24-48(25-12-37)53-52(47-23-19-39-7-3-5-9-45(39)35-47)33-31-44(32-34-52)42-17-15-41(16-18-42)43-20-28-50(29-21-43)54(49-26-13-38(2)14-27-49)51-30-22-40-8-4-6-10-46(40)36-51/h3-33,35-36,53H,34H2,1-2H3. The molecule has 0 aliphatic heterocycles. The molecule has 1 atom stereocenters. The second-order valence-corrected chi connectivity index (χ2v) is 14.5. The Balaban J connectivity index is 0.980. The molecule has 0 aromatic heterocycles. The Hall–Kier alpha value is -6.64. The molecule has 260 valence electrons. The van der Waals surface area contributed by atoms with Gasteiger partial charge in [0, 0.05) is 22.7 Å². The van der Waals surface area contributed by atoms with E-state index in [1.54, 1.807) is 0 Å². The van der Waals surface area contributed by atoms with Crippen LogP contribution in [-0.2, 0) is 5.54 Å². The first-order valence-corrected chi connectivity index (χ1v) is 18.8. The van der Waals surface area contributed by atoms with E-state index in [2.05, 4.69) is 224 Å². The van der Waals surface area contributed by atoms with Crippen molar-refractivity contribution < 1.29 is 0 Å². The molecule has 0 radical (unpaired) electrons. The van der Waals surface area contributed by atoms with Crippen LogP contribution in [-0.4, -0.2) is 0 Å². The minimum atomic E-state index is -0.357. The molecular weight excluding hydrogens is 653 g/mol. The van der Waals surface area contributed by atoms with Gasteiger partial charge in [-0.1, -0.05) is 157 Å². The molecule has 0 heterocycles. The number of aryl methyl sites for hydroxylation is 2. The number of anilines is 4. The zero-order valence-corrected chi connectivity index (χ0v) is 30.7. The van der Waals surface area contributed by atoms with Crippen LogP contribution in [0.2, 0.25) is 0 Å². The van der Waals surface area contributed by atoms with Crippen LogP contribution in [0.25, 0.3) is 38.2 Å². The third-order valence-corrected chi connectivity index (χ3v) is 10.8. The third-order valence-electron chi connectivity index (χ3n) is 10.8. The van der Waals surface area contributed by atoms with Crippen molar-refractivity contribution in [2.75, 3.05) is 10.2 Å². The first kappa shape index (κ1) is 33.2. The van der Waals surface area contributed by atoms with Gasteiger partial charge in [-0.2, -0.15) is 0 Å². The highest BCUT2D eigenvalue weighted by Gasteiger charge is 2.31. The zero-order valence-electron chi connectivity index (χ0n) is 30.7. The number of nitrogens with zero attached hydrogens (tertiary/aromatic N) is 1. The van der Waals surface area contributed by atoms with Crippen LogP contribution in [0.1, 0.15) is 28.7 Å². The fourth-order valence-corrected chi connectivity index (χ4v) is 7.71. The number of hydrogen-bond acceptors (Lipinski definition) is 2. The molecule has 1 N–H and O–H groups in total. The molecule has 0 saturated heterocycles. The van der Waals surface area contributed by atoms with Crippen molar-refractivity contribution in [3.05, 3.63) is 222 Å². The maximum absolute atomic E-state index is 3.91. The lowest BCUT2D eigenvalue weighted by atomic mass is 9.80. The minimum Gasteiger partial charge on any atom is -0.372 e. The average Bonchev–Trinajstić information content (AvgIpc) is 3.23. The van der Waals surface area contributed by atoms with Gasteiger partial charge in [-0.15, -0.1) is 0 Å². The average molecular weight is 695 g/mol. The molecule has 1 unspecified atom stereocenters. The van der Waals surface area contributed by atoms with Crippen molar-refractivity contribution in [3.63, 3.8) is 0 Å². The largest absolute Gasteiger partial charge is 0.372 e. The lowest BCUT2D eigenvalue weighted by Crippen LogP contribution is -2.34. The Morgan fingerprint density at radius 3 is 1.57 bits per heavy atom. The molecule has 0 amide bonds. The number of nitrogens with one attached hydrogen (secondary N) is 1. The predicted molar refractivity (Wildman–Crippen MR) is 231 cm³/mol. The number of hydrogen-bond donors (Lipinski definition) is 1. The summed E-state index contributed by atoms with van der Waals surface area (Å²) in [5, 5.41) is 8.89. The Kier molecular flexibility index (Phi) is 8.65. The third kappa shape index (κ3) is 6.59. The molecule has 54 heavy (non-hydrogen) atoms. The van der Waals surface area contributed by atoms with Crippen LogP contribution >= 0.6 is 0 Å². The number of benzene rings is 8. The fourth-order valence-electron chi connectivity index (χ4n) is 7.71. The minimum absolute atomic E-state index is 0.357. The summed E-state index contributed by atoms with van der Waals surface area (Å²) < 4.78 is 0. The van der Waals surface area contributed by atoms with Crippen molar-refractivity contribution in [1.82, 2.24) is 0 Å². The quantitative estimate of drug-likeness (QED) is 0.170. The Labute approximate surface area is 318 Å². The molecule has 2 nitrogen and oxygen atoms in total. The Bertz CT molecular complexity index is 2650. The lowest BCUT2D eigenvalue weighted by molar-refractivity contribution is 0.620. The van der Waals surface area contributed by atoms with Crippen LogP contribution < -0.4 is 10.2 Å². The highest BCUT2D eigenvalue weighted by molar-refractivity contribution is 5.90. The van der Waals surface area contributed by atoms with Gasteiger partial charge in [0.1, 0.15) is 0 Å². The molecule has 2 heteroatoms. The number of allylic oxidation sites excluding steroid dienone is 2. The lowest BCUT2D eigenvalue weighted by Gasteiger charge is -2.35.